The largest absolute Gasteiger partial charge is 0.448 e. The van der Waals surface area contributed by atoms with Crippen LogP contribution in [0, 0.1) is 0 Å². The highest BCUT2D eigenvalue weighted by molar-refractivity contribution is 5.75. The molecule has 0 aromatic rings. The first-order valence-corrected chi connectivity index (χ1v) is 9.74. The van der Waals surface area contributed by atoms with E-state index in [0.717, 1.165) is 31.3 Å². The Hall–Kier alpha value is -2.24. The van der Waals surface area contributed by atoms with Gasteiger partial charge in [0.1, 0.15) is 0 Å². The molecule has 0 spiro atoms. The van der Waals surface area contributed by atoms with Crippen LogP contribution in [-0.2, 0) is 9.47 Å². The summed E-state index contributed by atoms with van der Waals surface area (Å²) in [5.41, 5.74) is 3.84. The summed E-state index contributed by atoms with van der Waals surface area (Å²) in [6, 6.07) is 0. The van der Waals surface area contributed by atoms with Gasteiger partial charge in [-0.2, -0.15) is 0 Å². The fourth-order valence-corrected chi connectivity index (χ4v) is 2.76. The molecule has 152 valence electrons. The molecule has 1 aliphatic heterocycles. The third-order valence-corrected chi connectivity index (χ3v) is 4.20. The second-order valence-corrected chi connectivity index (χ2v) is 6.81. The van der Waals surface area contributed by atoms with E-state index in [1.165, 1.54) is 21.2 Å². The van der Waals surface area contributed by atoms with Crippen molar-refractivity contribution in [2.45, 2.75) is 60.3 Å². The van der Waals surface area contributed by atoms with Crippen molar-refractivity contribution in [3.63, 3.8) is 0 Å². The Morgan fingerprint density at radius 3 is 2.22 bits per heavy atom. The average Bonchev–Trinajstić information content (AvgIpc) is 2.61. The highest BCUT2D eigenvalue weighted by Gasteiger charge is 2.31. The lowest BCUT2D eigenvalue weighted by atomic mass is 10.0. The molecule has 0 aromatic heterocycles. The normalized spacial score (nSPS) is 14.6. The molecule has 0 atom stereocenters. The van der Waals surface area contributed by atoms with Crippen LogP contribution in [0.5, 0.6) is 0 Å². The van der Waals surface area contributed by atoms with Crippen LogP contribution in [0.15, 0.2) is 34.9 Å². The van der Waals surface area contributed by atoms with Gasteiger partial charge in [-0.1, -0.05) is 34.9 Å². The van der Waals surface area contributed by atoms with E-state index in [1.54, 1.807) is 13.8 Å². The van der Waals surface area contributed by atoms with Crippen molar-refractivity contribution in [3.05, 3.63) is 34.9 Å². The summed E-state index contributed by atoms with van der Waals surface area (Å²) in [4.78, 5) is 24.3. The first kappa shape index (κ1) is 22.8. The maximum Gasteiger partial charge on any atom is 0.429 e. The summed E-state index contributed by atoms with van der Waals surface area (Å²) >= 11 is 0. The van der Waals surface area contributed by atoms with Gasteiger partial charge in [0.05, 0.1) is 26.3 Å². The molecule has 0 aliphatic carbocycles. The van der Waals surface area contributed by atoms with E-state index in [1.807, 2.05) is 6.08 Å². The number of hydrazine groups is 1. The van der Waals surface area contributed by atoms with Crippen molar-refractivity contribution in [3.8, 4) is 0 Å². The van der Waals surface area contributed by atoms with Gasteiger partial charge in [-0.15, -0.1) is 0 Å². The SMILES string of the molecule is CCOC(=O)N1CC=C(CCC=C(C)CCC=C(C)C)CN1C(=O)OCC. The molecular weight excluding hydrogens is 344 g/mol. The summed E-state index contributed by atoms with van der Waals surface area (Å²) in [6.07, 6.45) is 9.36. The fraction of sp³-hybridized carbons (Fsp3) is 0.619. The fourth-order valence-electron chi connectivity index (χ4n) is 2.76. The number of allylic oxidation sites excluding steroid dienone is 4. The minimum absolute atomic E-state index is 0.263. The smallest absolute Gasteiger partial charge is 0.429 e. The van der Waals surface area contributed by atoms with E-state index in [0.29, 0.717) is 13.1 Å². The third kappa shape index (κ3) is 8.33. The zero-order valence-corrected chi connectivity index (χ0v) is 17.4. The van der Waals surface area contributed by atoms with E-state index in [2.05, 4.69) is 32.9 Å². The predicted molar refractivity (Wildman–Crippen MR) is 107 cm³/mol. The Morgan fingerprint density at radius 2 is 1.63 bits per heavy atom. The molecule has 0 aromatic carbocycles. The van der Waals surface area contributed by atoms with E-state index < -0.39 is 12.2 Å². The lowest BCUT2D eigenvalue weighted by Gasteiger charge is -2.36. The molecule has 2 amide bonds. The van der Waals surface area contributed by atoms with Gasteiger partial charge < -0.3 is 9.47 Å². The van der Waals surface area contributed by atoms with Crippen LogP contribution in [0.4, 0.5) is 9.59 Å². The zero-order chi connectivity index (χ0) is 20.2. The van der Waals surface area contributed by atoms with E-state index >= 15 is 0 Å². The summed E-state index contributed by atoms with van der Waals surface area (Å²) < 4.78 is 10.1. The van der Waals surface area contributed by atoms with Gasteiger partial charge >= 0.3 is 12.2 Å². The molecule has 6 heteroatoms. The van der Waals surface area contributed by atoms with Crippen LogP contribution >= 0.6 is 0 Å². The number of hydrogen-bond donors (Lipinski definition) is 0. The summed E-state index contributed by atoms with van der Waals surface area (Å²) in [5.74, 6) is 0. The minimum Gasteiger partial charge on any atom is -0.448 e. The summed E-state index contributed by atoms with van der Waals surface area (Å²) in [7, 11) is 0. The number of amides is 2. The van der Waals surface area contributed by atoms with Crippen molar-refractivity contribution < 1.29 is 19.1 Å². The van der Waals surface area contributed by atoms with Crippen molar-refractivity contribution in [1.29, 1.82) is 0 Å². The molecule has 0 saturated carbocycles. The molecule has 0 radical (unpaired) electrons. The summed E-state index contributed by atoms with van der Waals surface area (Å²) in [6.45, 7) is 11.1. The number of carbonyl (C=O) groups excluding carboxylic acids is 2. The Labute approximate surface area is 163 Å². The molecule has 1 rings (SSSR count). The highest BCUT2D eigenvalue weighted by Crippen LogP contribution is 2.19. The van der Waals surface area contributed by atoms with Crippen LogP contribution < -0.4 is 0 Å². The molecule has 0 unspecified atom stereocenters. The quantitative estimate of drug-likeness (QED) is 0.543. The van der Waals surface area contributed by atoms with E-state index in [4.69, 9.17) is 9.47 Å². The van der Waals surface area contributed by atoms with Crippen LogP contribution in [-0.4, -0.2) is 48.5 Å². The molecular formula is C21H34N2O4. The topological polar surface area (TPSA) is 59.1 Å². The number of ether oxygens (including phenoxy) is 2. The van der Waals surface area contributed by atoms with Gasteiger partial charge in [-0.3, -0.25) is 0 Å². The average molecular weight is 379 g/mol. The van der Waals surface area contributed by atoms with Crippen LogP contribution in [0.1, 0.15) is 60.3 Å². The second-order valence-electron chi connectivity index (χ2n) is 6.81. The van der Waals surface area contributed by atoms with E-state index in [9.17, 15) is 9.59 Å². The van der Waals surface area contributed by atoms with Gasteiger partial charge in [0.25, 0.3) is 0 Å². The standard InChI is InChI=1S/C21H34N2O4/c1-6-26-20(24)22-15-14-19(16-23(22)21(25)27-7-2)13-9-12-18(5)11-8-10-17(3)4/h10,12,14H,6-9,11,13,15-16H2,1-5H3. The van der Waals surface area contributed by atoms with Gasteiger partial charge in [0.2, 0.25) is 0 Å². The van der Waals surface area contributed by atoms with Gasteiger partial charge in [-0.05, 0) is 60.3 Å². The molecule has 6 nitrogen and oxygen atoms in total. The number of rotatable bonds is 8. The molecule has 0 bridgehead atoms. The Kier molecular flexibility index (Phi) is 10.3. The van der Waals surface area contributed by atoms with E-state index in [-0.39, 0.29) is 13.2 Å². The maximum atomic E-state index is 12.2. The van der Waals surface area contributed by atoms with Crippen LogP contribution in [0.25, 0.3) is 0 Å². The summed E-state index contributed by atoms with van der Waals surface area (Å²) in [5, 5.41) is 2.63. The highest BCUT2D eigenvalue weighted by atomic mass is 16.6. The zero-order valence-electron chi connectivity index (χ0n) is 17.4. The van der Waals surface area contributed by atoms with Gasteiger partial charge in [-0.25, -0.2) is 19.6 Å². The Morgan fingerprint density at radius 1 is 1.00 bits per heavy atom. The predicted octanol–water partition coefficient (Wildman–Crippen LogP) is 5.23. The van der Waals surface area contributed by atoms with Crippen LogP contribution in [0.2, 0.25) is 0 Å². The van der Waals surface area contributed by atoms with Crippen molar-refractivity contribution in [2.75, 3.05) is 26.3 Å². The van der Waals surface area contributed by atoms with Gasteiger partial charge in [0.15, 0.2) is 0 Å². The minimum atomic E-state index is -0.532. The number of carbonyl (C=O) groups is 2. The molecule has 0 fully saturated rings. The molecule has 0 saturated heterocycles. The molecule has 1 aliphatic rings. The Balaban J connectivity index is 2.65. The molecule has 1 heterocycles. The molecule has 27 heavy (non-hydrogen) atoms. The number of hydrogen-bond acceptors (Lipinski definition) is 4. The van der Waals surface area contributed by atoms with Crippen molar-refractivity contribution >= 4 is 12.2 Å². The van der Waals surface area contributed by atoms with Crippen molar-refractivity contribution in [2.24, 2.45) is 0 Å². The second kappa shape index (κ2) is 12.2. The maximum absolute atomic E-state index is 12.2. The first-order chi connectivity index (χ1) is 12.9. The monoisotopic (exact) mass is 378 g/mol. The van der Waals surface area contributed by atoms with Gasteiger partial charge in [0, 0.05) is 0 Å². The Bertz CT molecular complexity index is 589. The lowest BCUT2D eigenvalue weighted by molar-refractivity contribution is -0.0140. The van der Waals surface area contributed by atoms with Crippen molar-refractivity contribution in [1.82, 2.24) is 10.0 Å². The lowest BCUT2D eigenvalue weighted by Crippen LogP contribution is -2.53. The first-order valence-electron chi connectivity index (χ1n) is 9.74. The number of nitrogens with zero attached hydrogens (tertiary/aromatic N) is 2. The van der Waals surface area contributed by atoms with Crippen LogP contribution in [0.3, 0.4) is 0 Å². The third-order valence-electron chi connectivity index (χ3n) is 4.20. The molecule has 0 N–H and O–H groups in total.